The van der Waals surface area contributed by atoms with Gasteiger partial charge in [-0.2, -0.15) is 4.31 Å². The Balaban J connectivity index is 1.28. The van der Waals surface area contributed by atoms with Crippen LogP contribution in [0, 0.1) is 0 Å². The minimum absolute atomic E-state index is 0.0833. The topological polar surface area (TPSA) is 105 Å². The Labute approximate surface area is 215 Å². The molecule has 1 aromatic heterocycles. The molecule has 1 fully saturated rings. The van der Waals surface area contributed by atoms with Crippen LogP contribution in [-0.2, 0) is 27.8 Å². The Morgan fingerprint density at radius 1 is 0.865 bits per heavy atom. The first kappa shape index (κ1) is 23.7. The number of ether oxygens (including phenoxy) is 2. The predicted molar refractivity (Wildman–Crippen MR) is 135 cm³/mol. The lowest BCUT2D eigenvalue weighted by Gasteiger charge is -2.40. The zero-order chi connectivity index (χ0) is 25.4. The van der Waals surface area contributed by atoms with Crippen molar-refractivity contribution >= 4 is 21.9 Å². The lowest BCUT2D eigenvalue weighted by Crippen LogP contribution is -2.57. The van der Waals surface area contributed by atoms with Crippen molar-refractivity contribution in [3.05, 3.63) is 72.1 Å². The van der Waals surface area contributed by atoms with Crippen LogP contribution in [-0.4, -0.2) is 78.9 Å². The molecule has 1 amide bonds. The molecular formula is C26H27N5O5S. The maximum absolute atomic E-state index is 14.0. The van der Waals surface area contributed by atoms with Gasteiger partial charge in [0.2, 0.25) is 21.9 Å². The number of carbonyl (C=O) groups excluding carboxylic acids is 1. The van der Waals surface area contributed by atoms with Gasteiger partial charge < -0.3 is 19.3 Å². The number of sulfonamides is 1. The molecular weight excluding hydrogens is 494 g/mol. The molecule has 3 aliphatic heterocycles. The summed E-state index contributed by atoms with van der Waals surface area (Å²) in [5.74, 6) is 1.35. The van der Waals surface area contributed by atoms with Gasteiger partial charge in [-0.15, -0.1) is 0 Å². The molecule has 1 unspecified atom stereocenters. The van der Waals surface area contributed by atoms with E-state index >= 15 is 0 Å². The molecule has 4 heterocycles. The quantitative estimate of drug-likeness (QED) is 0.511. The number of anilines is 1. The van der Waals surface area contributed by atoms with Gasteiger partial charge in [0.15, 0.2) is 11.5 Å². The Morgan fingerprint density at radius 2 is 1.57 bits per heavy atom. The molecule has 1 atom stereocenters. The van der Waals surface area contributed by atoms with E-state index in [1.807, 2.05) is 29.2 Å². The molecule has 3 aromatic rings. The molecule has 0 saturated carbocycles. The van der Waals surface area contributed by atoms with Crippen molar-refractivity contribution in [3.63, 3.8) is 0 Å². The van der Waals surface area contributed by atoms with Gasteiger partial charge in [-0.1, -0.05) is 24.3 Å². The number of piperazine rings is 1. The second-order valence-corrected chi connectivity index (χ2v) is 11.1. The fraction of sp³-hybridized carbons (Fsp3) is 0.346. The Morgan fingerprint density at radius 3 is 2.32 bits per heavy atom. The van der Waals surface area contributed by atoms with Gasteiger partial charge in [-0.25, -0.2) is 18.4 Å². The standard InChI is InChI=1S/C26H27N5O5S/c32-25(29-10-12-30(13-11-29)26-27-8-3-9-28-26)22-16-19-4-1-2-5-20(19)18-31(22)37(33,34)21-6-7-23-24(17-21)36-15-14-35-23/h1-9,17,22H,10-16,18H2. The summed E-state index contributed by atoms with van der Waals surface area (Å²) >= 11 is 0. The van der Waals surface area contributed by atoms with Crippen LogP contribution in [0.3, 0.4) is 0 Å². The predicted octanol–water partition coefficient (Wildman–Crippen LogP) is 1.71. The van der Waals surface area contributed by atoms with E-state index in [9.17, 15) is 13.2 Å². The number of hydrogen-bond acceptors (Lipinski definition) is 8. The van der Waals surface area contributed by atoms with Gasteiger partial charge in [0.1, 0.15) is 19.3 Å². The van der Waals surface area contributed by atoms with E-state index in [1.54, 1.807) is 29.4 Å². The minimum atomic E-state index is -4.00. The maximum atomic E-state index is 14.0. The molecule has 192 valence electrons. The highest BCUT2D eigenvalue weighted by Crippen LogP contribution is 2.36. The molecule has 2 aromatic carbocycles. The van der Waals surface area contributed by atoms with E-state index in [2.05, 4.69) is 9.97 Å². The monoisotopic (exact) mass is 521 g/mol. The summed E-state index contributed by atoms with van der Waals surface area (Å²) in [6, 6.07) is 13.2. The van der Waals surface area contributed by atoms with Crippen LogP contribution in [0.1, 0.15) is 11.1 Å². The summed E-state index contributed by atoms with van der Waals surface area (Å²) in [5.41, 5.74) is 1.89. The van der Waals surface area contributed by atoms with Crippen molar-refractivity contribution < 1.29 is 22.7 Å². The average Bonchev–Trinajstić information content (AvgIpc) is 2.96. The van der Waals surface area contributed by atoms with Gasteiger partial charge in [-0.05, 0) is 35.7 Å². The highest BCUT2D eigenvalue weighted by Gasteiger charge is 2.42. The molecule has 10 nitrogen and oxygen atoms in total. The second kappa shape index (κ2) is 9.64. The van der Waals surface area contributed by atoms with Crippen molar-refractivity contribution in [2.45, 2.75) is 23.9 Å². The van der Waals surface area contributed by atoms with E-state index in [1.165, 1.54) is 16.4 Å². The van der Waals surface area contributed by atoms with Crippen LogP contribution in [0.2, 0.25) is 0 Å². The van der Waals surface area contributed by atoms with Crippen LogP contribution in [0.25, 0.3) is 0 Å². The highest BCUT2D eigenvalue weighted by molar-refractivity contribution is 7.89. The van der Waals surface area contributed by atoms with Gasteiger partial charge >= 0.3 is 0 Å². The van der Waals surface area contributed by atoms with Crippen molar-refractivity contribution in [2.24, 2.45) is 0 Å². The number of nitrogens with zero attached hydrogens (tertiary/aromatic N) is 5. The summed E-state index contributed by atoms with van der Waals surface area (Å²) < 4.78 is 40.4. The summed E-state index contributed by atoms with van der Waals surface area (Å²) in [4.78, 5) is 26.3. The van der Waals surface area contributed by atoms with Crippen LogP contribution in [0.5, 0.6) is 11.5 Å². The third kappa shape index (κ3) is 4.49. The highest BCUT2D eigenvalue weighted by atomic mass is 32.2. The smallest absolute Gasteiger partial charge is 0.244 e. The Bertz CT molecular complexity index is 1410. The van der Waals surface area contributed by atoms with Crippen molar-refractivity contribution in [1.82, 2.24) is 19.2 Å². The molecule has 37 heavy (non-hydrogen) atoms. The van der Waals surface area contributed by atoms with E-state index in [0.717, 1.165) is 11.1 Å². The van der Waals surface area contributed by atoms with Crippen LogP contribution in [0.15, 0.2) is 65.8 Å². The summed E-state index contributed by atoms with van der Waals surface area (Å²) in [7, 11) is -4.00. The number of benzene rings is 2. The Hall–Kier alpha value is -3.70. The zero-order valence-electron chi connectivity index (χ0n) is 20.2. The number of rotatable bonds is 4. The maximum Gasteiger partial charge on any atom is 0.244 e. The molecule has 0 aliphatic carbocycles. The molecule has 3 aliphatic rings. The van der Waals surface area contributed by atoms with Gasteiger partial charge in [-0.3, -0.25) is 4.79 Å². The van der Waals surface area contributed by atoms with E-state index in [-0.39, 0.29) is 17.3 Å². The molecule has 0 N–H and O–H groups in total. The van der Waals surface area contributed by atoms with Crippen LogP contribution in [0.4, 0.5) is 5.95 Å². The summed E-state index contributed by atoms with van der Waals surface area (Å²) in [6.07, 6.45) is 3.71. The molecule has 0 bridgehead atoms. The first-order valence-corrected chi connectivity index (χ1v) is 13.7. The third-order valence-corrected chi connectivity index (χ3v) is 8.89. The second-order valence-electron chi connectivity index (χ2n) is 9.21. The minimum Gasteiger partial charge on any atom is -0.486 e. The van der Waals surface area contributed by atoms with Crippen molar-refractivity contribution in [3.8, 4) is 11.5 Å². The first-order chi connectivity index (χ1) is 18.0. The Kier molecular flexibility index (Phi) is 6.17. The average molecular weight is 522 g/mol. The van der Waals surface area contributed by atoms with E-state index in [4.69, 9.17) is 9.47 Å². The fourth-order valence-corrected chi connectivity index (χ4v) is 6.65. The number of carbonyl (C=O) groups is 1. The number of aromatic nitrogens is 2. The molecule has 0 radical (unpaired) electrons. The molecule has 0 spiro atoms. The lowest BCUT2D eigenvalue weighted by molar-refractivity contribution is -0.136. The van der Waals surface area contributed by atoms with E-state index in [0.29, 0.717) is 63.3 Å². The largest absolute Gasteiger partial charge is 0.486 e. The zero-order valence-corrected chi connectivity index (χ0v) is 21.0. The molecule has 6 rings (SSSR count). The third-order valence-electron chi connectivity index (χ3n) is 7.04. The van der Waals surface area contributed by atoms with E-state index < -0.39 is 16.1 Å². The van der Waals surface area contributed by atoms with Crippen molar-refractivity contribution in [2.75, 3.05) is 44.3 Å². The molecule has 1 saturated heterocycles. The number of fused-ring (bicyclic) bond motifs is 2. The summed E-state index contributed by atoms with van der Waals surface area (Å²) in [6.45, 7) is 2.99. The first-order valence-electron chi connectivity index (χ1n) is 12.3. The number of hydrogen-bond donors (Lipinski definition) is 0. The lowest BCUT2D eigenvalue weighted by atomic mass is 9.95. The van der Waals surface area contributed by atoms with Crippen LogP contribution < -0.4 is 14.4 Å². The summed E-state index contributed by atoms with van der Waals surface area (Å²) in [5, 5.41) is 0. The SMILES string of the molecule is O=C(C1Cc2ccccc2CN1S(=O)(=O)c1ccc2c(c1)OCCO2)N1CCN(c2ncccn2)CC1. The fourth-order valence-electron chi connectivity index (χ4n) is 5.07. The normalized spacial score (nSPS) is 19.8. The van der Waals surface area contributed by atoms with Crippen LogP contribution >= 0.6 is 0 Å². The van der Waals surface area contributed by atoms with Crippen molar-refractivity contribution in [1.29, 1.82) is 0 Å². The van der Waals surface area contributed by atoms with Gasteiger partial charge in [0.25, 0.3) is 0 Å². The number of amides is 1. The van der Waals surface area contributed by atoms with Gasteiger partial charge in [0, 0.05) is 51.2 Å². The van der Waals surface area contributed by atoms with Gasteiger partial charge in [0.05, 0.1) is 4.90 Å². The molecule has 11 heteroatoms.